The lowest BCUT2D eigenvalue weighted by Gasteiger charge is -2.19. The van der Waals surface area contributed by atoms with Crippen LogP contribution < -0.4 is 4.74 Å². The molecule has 244 valence electrons. The van der Waals surface area contributed by atoms with Gasteiger partial charge in [0.05, 0.1) is 19.0 Å². The highest BCUT2D eigenvalue weighted by atomic mass is 16.5. The topological polar surface area (TPSA) is 113 Å². The SMILES string of the molecule is COc1ccc2c(c1)C(C)(C)c1nc(-c3ccncc3)oc1-2.c1ccc2c(c1)c1ccccc1c1oc(-c3ccncc3)nc21.c1cocn1. The molecule has 0 spiro atoms. The van der Waals surface area contributed by atoms with Gasteiger partial charge in [0.2, 0.25) is 11.8 Å². The second kappa shape index (κ2) is 12.8. The number of pyridine rings is 2. The van der Waals surface area contributed by atoms with Gasteiger partial charge < -0.3 is 18.0 Å². The number of fused-ring (bicyclic) bond motifs is 9. The summed E-state index contributed by atoms with van der Waals surface area (Å²) in [5.41, 5.74) is 6.68. The number of rotatable bonds is 3. The monoisotopic (exact) mass is 657 g/mol. The predicted octanol–water partition coefficient (Wildman–Crippen LogP) is 9.92. The van der Waals surface area contributed by atoms with Crippen molar-refractivity contribution in [2.45, 2.75) is 19.3 Å². The minimum atomic E-state index is -0.200. The molecule has 9 nitrogen and oxygen atoms in total. The summed E-state index contributed by atoms with van der Waals surface area (Å²) < 4.78 is 22.0. The van der Waals surface area contributed by atoms with Crippen LogP contribution in [-0.4, -0.2) is 32.0 Å². The van der Waals surface area contributed by atoms with Crippen LogP contribution in [0.15, 0.2) is 148 Å². The molecule has 9 heteroatoms. The Morgan fingerprint density at radius 3 is 1.84 bits per heavy atom. The summed E-state index contributed by atoms with van der Waals surface area (Å²) in [7, 11) is 1.68. The van der Waals surface area contributed by atoms with E-state index in [9.17, 15) is 0 Å². The summed E-state index contributed by atoms with van der Waals surface area (Å²) >= 11 is 0. The number of methoxy groups -OCH3 is 1. The largest absolute Gasteiger partial charge is 0.497 e. The van der Waals surface area contributed by atoms with E-state index >= 15 is 0 Å². The van der Waals surface area contributed by atoms with Gasteiger partial charge in [-0.3, -0.25) is 9.97 Å². The van der Waals surface area contributed by atoms with Crippen molar-refractivity contribution in [1.29, 1.82) is 0 Å². The van der Waals surface area contributed by atoms with E-state index in [1.165, 1.54) is 29.0 Å². The van der Waals surface area contributed by atoms with Gasteiger partial charge in [0.1, 0.15) is 17.5 Å². The van der Waals surface area contributed by atoms with Gasteiger partial charge in [0, 0.05) is 57.7 Å². The minimum absolute atomic E-state index is 0.200. The first-order valence-electron chi connectivity index (χ1n) is 16.1. The molecular formula is C41H31N5O4. The van der Waals surface area contributed by atoms with Crippen LogP contribution >= 0.6 is 0 Å². The molecule has 0 amide bonds. The van der Waals surface area contributed by atoms with E-state index in [4.69, 9.17) is 23.5 Å². The molecule has 50 heavy (non-hydrogen) atoms. The summed E-state index contributed by atoms with van der Waals surface area (Å²) in [6.07, 6.45) is 11.5. The van der Waals surface area contributed by atoms with Crippen LogP contribution in [0.2, 0.25) is 0 Å². The summed E-state index contributed by atoms with van der Waals surface area (Å²) in [6, 6.07) is 30.3. The third-order valence-electron chi connectivity index (χ3n) is 8.84. The molecular weight excluding hydrogens is 626 g/mol. The van der Waals surface area contributed by atoms with Gasteiger partial charge in [-0.2, -0.15) is 0 Å². The van der Waals surface area contributed by atoms with Gasteiger partial charge in [-0.05, 0) is 72.6 Å². The normalized spacial score (nSPS) is 12.5. The fourth-order valence-electron chi connectivity index (χ4n) is 6.36. The van der Waals surface area contributed by atoms with E-state index in [1.54, 1.807) is 38.1 Å². The summed E-state index contributed by atoms with van der Waals surface area (Å²) in [6.45, 7) is 4.33. The van der Waals surface area contributed by atoms with E-state index < -0.39 is 0 Å². The number of aromatic nitrogens is 5. The van der Waals surface area contributed by atoms with Gasteiger partial charge in [-0.25, -0.2) is 15.0 Å². The minimum Gasteiger partial charge on any atom is -0.497 e. The number of hydrogen-bond acceptors (Lipinski definition) is 9. The fraction of sp³-hybridized carbons (Fsp3) is 0.0976. The van der Waals surface area contributed by atoms with Crippen molar-refractivity contribution in [1.82, 2.24) is 24.9 Å². The number of ether oxygens (including phenoxy) is 1. The van der Waals surface area contributed by atoms with Gasteiger partial charge in [-0.1, -0.05) is 48.5 Å². The molecule has 9 aromatic rings. The molecule has 0 saturated carbocycles. The second-order valence-electron chi connectivity index (χ2n) is 12.2. The lowest BCUT2D eigenvalue weighted by atomic mass is 9.85. The molecule has 5 heterocycles. The molecule has 4 aromatic carbocycles. The van der Waals surface area contributed by atoms with Crippen molar-refractivity contribution >= 4 is 32.6 Å². The van der Waals surface area contributed by atoms with Gasteiger partial charge >= 0.3 is 0 Å². The highest BCUT2D eigenvalue weighted by Crippen LogP contribution is 2.50. The van der Waals surface area contributed by atoms with E-state index in [-0.39, 0.29) is 5.41 Å². The highest BCUT2D eigenvalue weighted by molar-refractivity contribution is 6.22. The fourth-order valence-corrected chi connectivity index (χ4v) is 6.36. The van der Waals surface area contributed by atoms with Crippen LogP contribution in [-0.2, 0) is 5.41 Å². The Bertz CT molecular complexity index is 2470. The zero-order valence-corrected chi connectivity index (χ0v) is 27.6. The van der Waals surface area contributed by atoms with Crippen molar-refractivity contribution in [2.24, 2.45) is 0 Å². The van der Waals surface area contributed by atoms with Crippen LogP contribution in [0.3, 0.4) is 0 Å². The average Bonchev–Trinajstić information content (AvgIpc) is 4.00. The summed E-state index contributed by atoms with van der Waals surface area (Å²) in [5.74, 6) is 2.98. The standard InChI is InChI=1S/C20H12N2O.C18H16N2O2.C3H3NO/c1-3-7-16-14(5-1)15-6-2-4-8-17(15)19-18(16)22-20(23-19)13-9-11-21-12-10-13;1-18(2)14-10-12(21-3)4-5-13(14)15-16(18)20-17(22-15)11-6-8-19-9-7-11;1-2-5-3-4-1/h1-12H;4-10H,1-3H3;1-3H. The molecule has 0 radical (unpaired) electrons. The van der Waals surface area contributed by atoms with Crippen molar-refractivity contribution < 1.29 is 18.0 Å². The Labute approximate surface area is 287 Å². The average molecular weight is 658 g/mol. The van der Waals surface area contributed by atoms with Crippen LogP contribution in [0, 0.1) is 0 Å². The van der Waals surface area contributed by atoms with Gasteiger partial charge in [0.25, 0.3) is 0 Å². The summed E-state index contributed by atoms with van der Waals surface area (Å²) in [5, 5.41) is 4.59. The zero-order chi connectivity index (χ0) is 34.1. The van der Waals surface area contributed by atoms with E-state index in [2.05, 4.69) is 75.7 Å². The Morgan fingerprint density at radius 2 is 1.24 bits per heavy atom. The van der Waals surface area contributed by atoms with Gasteiger partial charge in [-0.15, -0.1) is 0 Å². The number of benzene rings is 4. The first-order chi connectivity index (χ1) is 24.5. The van der Waals surface area contributed by atoms with Crippen molar-refractivity contribution in [3.63, 3.8) is 0 Å². The molecule has 0 atom stereocenters. The van der Waals surface area contributed by atoms with Crippen molar-refractivity contribution in [2.75, 3.05) is 7.11 Å². The maximum absolute atomic E-state index is 6.14. The van der Waals surface area contributed by atoms with Crippen LogP contribution in [0.5, 0.6) is 5.75 Å². The van der Waals surface area contributed by atoms with Crippen LogP contribution in [0.4, 0.5) is 0 Å². The molecule has 0 aliphatic heterocycles. The number of oxazole rings is 3. The predicted molar refractivity (Wildman–Crippen MR) is 193 cm³/mol. The second-order valence-corrected chi connectivity index (χ2v) is 12.2. The van der Waals surface area contributed by atoms with Crippen molar-refractivity contribution in [3.8, 4) is 40.0 Å². The van der Waals surface area contributed by atoms with Crippen molar-refractivity contribution in [3.05, 3.63) is 146 Å². The Balaban J connectivity index is 0.000000127. The third kappa shape index (κ3) is 5.44. The Hall–Kier alpha value is -6.61. The maximum atomic E-state index is 6.14. The van der Waals surface area contributed by atoms with E-state index in [1.807, 2.05) is 48.5 Å². The zero-order valence-electron chi connectivity index (χ0n) is 27.6. The maximum Gasteiger partial charge on any atom is 0.227 e. The lowest BCUT2D eigenvalue weighted by Crippen LogP contribution is -2.16. The van der Waals surface area contributed by atoms with Crippen LogP contribution in [0.1, 0.15) is 25.1 Å². The Morgan fingerprint density at radius 1 is 0.620 bits per heavy atom. The molecule has 0 unspecified atom stereocenters. The third-order valence-corrected chi connectivity index (χ3v) is 8.84. The van der Waals surface area contributed by atoms with Crippen LogP contribution in [0.25, 0.3) is 66.9 Å². The van der Waals surface area contributed by atoms with E-state index in [0.29, 0.717) is 11.8 Å². The quantitative estimate of drug-likeness (QED) is 0.171. The molecule has 1 aliphatic carbocycles. The number of hydrogen-bond donors (Lipinski definition) is 0. The first-order valence-corrected chi connectivity index (χ1v) is 16.1. The summed E-state index contributed by atoms with van der Waals surface area (Å²) in [4.78, 5) is 21.2. The molecule has 10 rings (SSSR count). The molecule has 5 aromatic heterocycles. The van der Waals surface area contributed by atoms with E-state index in [0.717, 1.165) is 55.8 Å². The lowest BCUT2D eigenvalue weighted by molar-refractivity contribution is 0.413. The molecule has 0 bridgehead atoms. The Kier molecular flexibility index (Phi) is 7.85. The number of nitrogens with zero attached hydrogens (tertiary/aromatic N) is 5. The molecule has 0 saturated heterocycles. The van der Waals surface area contributed by atoms with Gasteiger partial charge in [0.15, 0.2) is 17.7 Å². The highest BCUT2D eigenvalue weighted by Gasteiger charge is 2.41. The molecule has 0 N–H and O–H groups in total. The smallest absolute Gasteiger partial charge is 0.227 e. The first kappa shape index (κ1) is 30.7. The molecule has 0 fully saturated rings. The molecule has 1 aliphatic rings.